The van der Waals surface area contributed by atoms with Crippen LogP contribution in [-0.2, 0) is 14.3 Å². The number of Topliss-reactive ketones (excluding diaryl/α,β-unsaturated/α-hetero) is 1. The van der Waals surface area contributed by atoms with Crippen molar-refractivity contribution in [3.63, 3.8) is 0 Å². The van der Waals surface area contributed by atoms with Gasteiger partial charge in [-0.25, -0.2) is 4.79 Å². The van der Waals surface area contributed by atoms with Gasteiger partial charge in [0.2, 0.25) is 0 Å². The zero-order valence-electron chi connectivity index (χ0n) is 11.0. The van der Waals surface area contributed by atoms with Crippen LogP contribution in [0.15, 0.2) is 0 Å². The van der Waals surface area contributed by atoms with Crippen LogP contribution in [0.2, 0.25) is 0 Å². The number of ketones is 1. The number of carbonyl (C=O) groups excluding carboxylic acids is 2. The van der Waals surface area contributed by atoms with Crippen molar-refractivity contribution in [1.29, 1.82) is 0 Å². The van der Waals surface area contributed by atoms with E-state index >= 15 is 0 Å². The highest BCUT2D eigenvalue weighted by Gasteiger charge is 2.68. The molecule has 2 rings (SSSR count). The number of fused-ring (bicyclic) bond motifs is 2. The molecule has 2 aliphatic carbocycles. The van der Waals surface area contributed by atoms with Crippen molar-refractivity contribution in [2.24, 2.45) is 16.7 Å². The van der Waals surface area contributed by atoms with Gasteiger partial charge >= 0.3 is 11.9 Å². The number of alkyl halides is 2. The summed E-state index contributed by atoms with van der Waals surface area (Å²) in [6.45, 7) is 6.22. The molecule has 0 aromatic rings. The van der Waals surface area contributed by atoms with Gasteiger partial charge in [0.15, 0.2) is 11.9 Å². The molecule has 2 aliphatic rings. The molecule has 3 nitrogen and oxygen atoms in total. The van der Waals surface area contributed by atoms with Crippen LogP contribution < -0.4 is 0 Å². The van der Waals surface area contributed by atoms with E-state index in [9.17, 15) is 18.4 Å². The molecule has 3 atom stereocenters. The van der Waals surface area contributed by atoms with Crippen molar-refractivity contribution in [2.75, 3.05) is 0 Å². The van der Waals surface area contributed by atoms with Crippen molar-refractivity contribution in [3.8, 4) is 0 Å². The van der Waals surface area contributed by atoms with Crippen molar-refractivity contribution in [3.05, 3.63) is 0 Å². The highest BCUT2D eigenvalue weighted by molar-refractivity contribution is 5.95. The predicted molar refractivity (Wildman–Crippen MR) is 60.1 cm³/mol. The number of esters is 1. The van der Waals surface area contributed by atoms with Gasteiger partial charge in [-0.3, -0.25) is 4.79 Å². The Morgan fingerprint density at radius 2 is 1.94 bits per heavy atom. The van der Waals surface area contributed by atoms with Gasteiger partial charge in [0, 0.05) is 18.3 Å². The van der Waals surface area contributed by atoms with Crippen LogP contribution in [-0.4, -0.2) is 23.8 Å². The van der Waals surface area contributed by atoms with Crippen molar-refractivity contribution in [2.45, 2.75) is 52.6 Å². The van der Waals surface area contributed by atoms with Crippen LogP contribution in [0.1, 0.15) is 40.5 Å². The highest BCUT2D eigenvalue weighted by atomic mass is 19.3. The van der Waals surface area contributed by atoms with Crippen LogP contribution >= 0.6 is 0 Å². The highest BCUT2D eigenvalue weighted by Crippen LogP contribution is 2.64. The van der Waals surface area contributed by atoms with Crippen molar-refractivity contribution >= 4 is 11.8 Å². The molecule has 0 aromatic heterocycles. The van der Waals surface area contributed by atoms with E-state index in [0.717, 1.165) is 12.8 Å². The lowest BCUT2D eigenvalue weighted by Gasteiger charge is -2.31. The molecule has 18 heavy (non-hydrogen) atoms. The molecule has 0 N–H and O–H groups in total. The van der Waals surface area contributed by atoms with E-state index in [0.29, 0.717) is 6.92 Å². The van der Waals surface area contributed by atoms with Gasteiger partial charge in [0.05, 0.1) is 0 Å². The van der Waals surface area contributed by atoms with E-state index in [2.05, 4.69) is 0 Å². The molecule has 2 fully saturated rings. The lowest BCUT2D eigenvalue weighted by molar-refractivity contribution is -0.180. The maximum absolute atomic E-state index is 12.8. The fourth-order valence-corrected chi connectivity index (χ4v) is 3.36. The number of ether oxygens (including phenoxy) is 1. The Morgan fingerprint density at radius 1 is 1.39 bits per heavy atom. The van der Waals surface area contributed by atoms with Gasteiger partial charge in [-0.1, -0.05) is 20.8 Å². The molecule has 0 heterocycles. The zero-order valence-corrected chi connectivity index (χ0v) is 11.0. The molecule has 0 spiro atoms. The van der Waals surface area contributed by atoms with E-state index in [4.69, 9.17) is 4.74 Å². The number of halogens is 2. The first-order valence-corrected chi connectivity index (χ1v) is 6.15. The normalized spacial score (nSPS) is 38.0. The Morgan fingerprint density at radius 3 is 2.33 bits per heavy atom. The SMILES string of the molecule is CC(F)(F)C(=O)OC1C(=O)C2(C)CCC1C2(C)C. The van der Waals surface area contributed by atoms with E-state index < -0.39 is 23.4 Å². The van der Waals surface area contributed by atoms with Gasteiger partial charge in [-0.05, 0) is 18.3 Å². The summed E-state index contributed by atoms with van der Waals surface area (Å²) in [6.07, 6.45) is 0.472. The van der Waals surface area contributed by atoms with Crippen molar-refractivity contribution in [1.82, 2.24) is 0 Å². The number of hydrogen-bond donors (Lipinski definition) is 0. The summed E-state index contributed by atoms with van der Waals surface area (Å²) in [5.74, 6) is -5.51. The van der Waals surface area contributed by atoms with E-state index in [1.165, 1.54) is 0 Å². The molecule has 0 radical (unpaired) electrons. The van der Waals surface area contributed by atoms with Crippen LogP contribution in [0.5, 0.6) is 0 Å². The summed E-state index contributed by atoms with van der Waals surface area (Å²) in [7, 11) is 0. The second kappa shape index (κ2) is 3.52. The largest absolute Gasteiger partial charge is 0.450 e. The molecule has 3 unspecified atom stereocenters. The Kier molecular flexibility index (Phi) is 2.62. The number of carbonyl (C=O) groups is 2. The van der Waals surface area contributed by atoms with Crippen LogP contribution in [0.25, 0.3) is 0 Å². The molecular formula is C13H18F2O3. The number of rotatable bonds is 2. The zero-order chi connectivity index (χ0) is 13.9. The number of hydrogen-bond acceptors (Lipinski definition) is 3. The Balaban J connectivity index is 2.24. The fourth-order valence-electron chi connectivity index (χ4n) is 3.36. The molecule has 0 aliphatic heterocycles. The minimum atomic E-state index is -3.55. The molecule has 0 saturated heterocycles. The second-order valence-electron chi connectivity index (χ2n) is 6.28. The molecular weight excluding hydrogens is 242 g/mol. The predicted octanol–water partition coefficient (Wildman–Crippen LogP) is 2.58. The van der Waals surface area contributed by atoms with Gasteiger partial charge in [0.1, 0.15) is 0 Å². The maximum atomic E-state index is 12.8. The minimum Gasteiger partial charge on any atom is -0.450 e. The van der Waals surface area contributed by atoms with Crippen LogP contribution in [0, 0.1) is 16.7 Å². The molecule has 0 aromatic carbocycles. The first-order valence-electron chi connectivity index (χ1n) is 6.15. The third kappa shape index (κ3) is 1.52. The average molecular weight is 260 g/mol. The minimum absolute atomic E-state index is 0.152. The molecule has 2 bridgehead atoms. The third-order valence-electron chi connectivity index (χ3n) is 5.06. The van der Waals surface area contributed by atoms with E-state index in [1.807, 2.05) is 20.8 Å². The average Bonchev–Trinajstić information content (AvgIpc) is 2.51. The first-order chi connectivity index (χ1) is 8.02. The summed E-state index contributed by atoms with van der Waals surface area (Å²) in [4.78, 5) is 23.5. The van der Waals surface area contributed by atoms with Gasteiger partial charge < -0.3 is 4.74 Å². The maximum Gasteiger partial charge on any atom is 0.377 e. The second-order valence-corrected chi connectivity index (χ2v) is 6.28. The van der Waals surface area contributed by atoms with Crippen LogP contribution in [0.3, 0.4) is 0 Å². The standard InChI is InChI=1S/C13H18F2O3/c1-11(2)7-5-6-12(11,3)9(16)8(7)18-10(17)13(4,14)15/h7-8H,5-6H2,1-4H3. The van der Waals surface area contributed by atoms with Crippen molar-refractivity contribution < 1.29 is 23.1 Å². The first kappa shape index (κ1) is 13.4. The topological polar surface area (TPSA) is 43.4 Å². The summed E-state index contributed by atoms with van der Waals surface area (Å²) in [5, 5.41) is 0. The van der Waals surface area contributed by atoms with Crippen LogP contribution in [0.4, 0.5) is 8.78 Å². The third-order valence-corrected chi connectivity index (χ3v) is 5.06. The Hall–Kier alpha value is -1.00. The molecule has 5 heteroatoms. The quantitative estimate of drug-likeness (QED) is 0.717. The molecule has 0 amide bonds. The van der Waals surface area contributed by atoms with Gasteiger partial charge in [0.25, 0.3) is 0 Å². The lowest BCUT2D eigenvalue weighted by atomic mass is 9.70. The smallest absolute Gasteiger partial charge is 0.377 e. The monoisotopic (exact) mass is 260 g/mol. The van der Waals surface area contributed by atoms with Gasteiger partial charge in [-0.2, -0.15) is 8.78 Å². The summed E-state index contributed by atoms with van der Waals surface area (Å²) in [5.41, 5.74) is -0.871. The summed E-state index contributed by atoms with van der Waals surface area (Å²) >= 11 is 0. The molecule has 102 valence electrons. The van der Waals surface area contributed by atoms with E-state index in [1.54, 1.807) is 0 Å². The Labute approximate surface area is 105 Å². The fraction of sp³-hybridized carbons (Fsp3) is 0.846. The van der Waals surface area contributed by atoms with E-state index in [-0.39, 0.29) is 17.1 Å². The molecule has 2 saturated carbocycles. The Bertz CT molecular complexity index is 411. The lowest BCUT2D eigenvalue weighted by Crippen LogP contribution is -2.40. The summed E-state index contributed by atoms with van der Waals surface area (Å²) < 4.78 is 30.5. The summed E-state index contributed by atoms with van der Waals surface area (Å²) in [6, 6.07) is 0. The van der Waals surface area contributed by atoms with Gasteiger partial charge in [-0.15, -0.1) is 0 Å².